The third kappa shape index (κ3) is 4.86. The van der Waals surface area contributed by atoms with Gasteiger partial charge in [-0.25, -0.2) is 0 Å². The molecule has 3 heterocycles. The standard InChI is InChI=1S/C28H34ClN3O3/c1-19-7-3-4-8-24(19)31-15-12-28(13-16-31)11-10-21-17-22(18-23(29)26(21)35-28)30-27(34)25-9-5-6-14-32(25)20(2)33/h3-4,7-8,17-18,25H,5-6,9-16H2,1-2H3,(H,30,34)/t25-/m1/s1. The van der Waals surface area contributed by atoms with Crippen LogP contribution in [-0.2, 0) is 16.0 Å². The number of nitrogens with one attached hydrogen (secondary N) is 1. The van der Waals surface area contributed by atoms with Crippen molar-refractivity contribution in [1.82, 2.24) is 4.90 Å². The third-order valence-corrected chi connectivity index (χ3v) is 8.18. The maximum Gasteiger partial charge on any atom is 0.247 e. The van der Waals surface area contributed by atoms with Gasteiger partial charge in [0.2, 0.25) is 11.8 Å². The van der Waals surface area contributed by atoms with Gasteiger partial charge in [0.1, 0.15) is 17.4 Å². The van der Waals surface area contributed by atoms with Crippen LogP contribution in [0.3, 0.4) is 0 Å². The summed E-state index contributed by atoms with van der Waals surface area (Å²) in [5.41, 5.74) is 4.12. The number of nitrogens with zero attached hydrogens (tertiary/aromatic N) is 2. The van der Waals surface area contributed by atoms with Crippen molar-refractivity contribution in [3.63, 3.8) is 0 Å². The number of carbonyl (C=O) groups is 2. The number of benzene rings is 2. The van der Waals surface area contributed by atoms with Crippen LogP contribution < -0.4 is 15.0 Å². The summed E-state index contributed by atoms with van der Waals surface area (Å²) in [6.07, 6.45) is 6.30. The monoisotopic (exact) mass is 495 g/mol. The number of piperidine rings is 2. The number of aryl methyl sites for hydroxylation is 2. The summed E-state index contributed by atoms with van der Waals surface area (Å²) in [5.74, 6) is 0.552. The number of amides is 2. The van der Waals surface area contributed by atoms with Crippen LogP contribution in [0.2, 0.25) is 5.02 Å². The molecule has 2 fully saturated rings. The summed E-state index contributed by atoms with van der Waals surface area (Å²) >= 11 is 6.69. The van der Waals surface area contributed by atoms with Gasteiger partial charge in [-0.05, 0) is 68.4 Å². The first-order chi connectivity index (χ1) is 16.8. The third-order valence-electron chi connectivity index (χ3n) is 7.90. The lowest BCUT2D eigenvalue weighted by Crippen LogP contribution is -2.50. The van der Waals surface area contributed by atoms with Crippen LogP contribution >= 0.6 is 11.6 Å². The first-order valence-corrected chi connectivity index (χ1v) is 13.1. The van der Waals surface area contributed by atoms with E-state index < -0.39 is 6.04 Å². The number of anilines is 2. The lowest BCUT2D eigenvalue weighted by Gasteiger charge is -2.45. The minimum absolute atomic E-state index is 0.0551. The van der Waals surface area contributed by atoms with E-state index in [0.29, 0.717) is 23.7 Å². The molecular formula is C28H34ClN3O3. The molecule has 0 aliphatic carbocycles. The highest BCUT2D eigenvalue weighted by Crippen LogP contribution is 2.44. The van der Waals surface area contributed by atoms with Crippen molar-refractivity contribution in [3.05, 3.63) is 52.5 Å². The highest BCUT2D eigenvalue weighted by molar-refractivity contribution is 6.32. The Kier molecular flexibility index (Phi) is 6.67. The molecule has 1 atom stereocenters. The quantitative estimate of drug-likeness (QED) is 0.623. The van der Waals surface area contributed by atoms with Crippen LogP contribution in [-0.4, -0.2) is 48.0 Å². The summed E-state index contributed by atoms with van der Waals surface area (Å²) in [7, 11) is 0. The van der Waals surface area contributed by atoms with Crippen molar-refractivity contribution in [2.24, 2.45) is 0 Å². The summed E-state index contributed by atoms with van der Waals surface area (Å²) < 4.78 is 6.61. The van der Waals surface area contributed by atoms with E-state index in [1.165, 1.54) is 18.2 Å². The fourth-order valence-electron chi connectivity index (χ4n) is 5.88. The maximum absolute atomic E-state index is 13.0. The van der Waals surface area contributed by atoms with Crippen LogP contribution in [0, 0.1) is 6.92 Å². The molecule has 3 aliphatic rings. The Morgan fingerprint density at radius 3 is 2.60 bits per heavy atom. The molecule has 0 bridgehead atoms. The molecule has 0 saturated carbocycles. The van der Waals surface area contributed by atoms with Crippen molar-refractivity contribution in [2.75, 3.05) is 29.9 Å². The Labute approximate surface area is 212 Å². The zero-order valence-electron chi connectivity index (χ0n) is 20.6. The van der Waals surface area contributed by atoms with Crippen LogP contribution in [0.15, 0.2) is 36.4 Å². The van der Waals surface area contributed by atoms with E-state index in [-0.39, 0.29) is 17.4 Å². The largest absolute Gasteiger partial charge is 0.485 e. The van der Waals surface area contributed by atoms with Gasteiger partial charge >= 0.3 is 0 Å². The predicted molar refractivity (Wildman–Crippen MR) is 139 cm³/mol. The Hall–Kier alpha value is -2.73. The fraction of sp³-hybridized carbons (Fsp3) is 0.500. The predicted octanol–water partition coefficient (Wildman–Crippen LogP) is 5.35. The molecule has 1 N–H and O–H groups in total. The number of hydrogen-bond donors (Lipinski definition) is 1. The van der Waals surface area contributed by atoms with Gasteiger partial charge < -0.3 is 19.9 Å². The van der Waals surface area contributed by atoms with Crippen LogP contribution in [0.25, 0.3) is 0 Å². The Morgan fingerprint density at radius 1 is 1.09 bits per heavy atom. The van der Waals surface area contributed by atoms with Crippen LogP contribution in [0.5, 0.6) is 5.75 Å². The Bertz CT molecular complexity index is 1130. The van der Waals surface area contributed by atoms with Crippen molar-refractivity contribution in [3.8, 4) is 5.75 Å². The van der Waals surface area contributed by atoms with E-state index in [1.807, 2.05) is 6.07 Å². The molecule has 2 aromatic rings. The molecule has 0 aromatic heterocycles. The number of hydrogen-bond acceptors (Lipinski definition) is 4. The van der Waals surface area contributed by atoms with Crippen molar-refractivity contribution in [2.45, 2.75) is 70.4 Å². The molecule has 2 aromatic carbocycles. The van der Waals surface area contributed by atoms with Crippen LogP contribution in [0.4, 0.5) is 11.4 Å². The van der Waals surface area contributed by atoms with Crippen molar-refractivity contribution >= 4 is 34.8 Å². The van der Waals surface area contributed by atoms with Crippen LogP contribution in [0.1, 0.15) is 56.6 Å². The summed E-state index contributed by atoms with van der Waals surface area (Å²) in [4.78, 5) is 29.1. The van der Waals surface area contributed by atoms with Gasteiger partial charge in [0.15, 0.2) is 0 Å². The highest BCUT2D eigenvalue weighted by atomic mass is 35.5. The van der Waals surface area contributed by atoms with E-state index in [1.54, 1.807) is 11.0 Å². The van der Waals surface area contributed by atoms with E-state index >= 15 is 0 Å². The first kappa shape index (κ1) is 24.0. The molecule has 2 amide bonds. The van der Waals surface area contributed by atoms with Gasteiger partial charge in [0.25, 0.3) is 0 Å². The number of likely N-dealkylation sites (tertiary alicyclic amines) is 1. The molecule has 186 valence electrons. The molecule has 5 rings (SSSR count). The summed E-state index contributed by atoms with van der Waals surface area (Å²) in [5, 5.41) is 3.54. The normalized spacial score (nSPS) is 21.3. The van der Waals surface area contributed by atoms with Gasteiger partial charge in [0, 0.05) is 50.8 Å². The van der Waals surface area contributed by atoms with Crippen molar-refractivity contribution < 1.29 is 14.3 Å². The fourth-order valence-corrected chi connectivity index (χ4v) is 6.16. The number of ether oxygens (including phenoxy) is 1. The second-order valence-corrected chi connectivity index (χ2v) is 10.6. The van der Waals surface area contributed by atoms with Crippen molar-refractivity contribution in [1.29, 1.82) is 0 Å². The summed E-state index contributed by atoms with van der Waals surface area (Å²) in [6.45, 7) is 6.24. The molecule has 3 aliphatic heterocycles. The molecule has 1 spiro atoms. The maximum atomic E-state index is 13.0. The second kappa shape index (κ2) is 9.73. The minimum Gasteiger partial charge on any atom is -0.485 e. The number of para-hydroxylation sites is 1. The lowest BCUT2D eigenvalue weighted by molar-refractivity contribution is -0.138. The number of halogens is 1. The highest BCUT2D eigenvalue weighted by Gasteiger charge is 2.40. The zero-order chi connectivity index (χ0) is 24.6. The second-order valence-electron chi connectivity index (χ2n) is 10.2. The first-order valence-electron chi connectivity index (χ1n) is 12.8. The van der Waals surface area contributed by atoms with Gasteiger partial charge in [-0.15, -0.1) is 0 Å². The summed E-state index contributed by atoms with van der Waals surface area (Å²) in [6, 6.07) is 11.9. The van der Waals surface area contributed by atoms with E-state index in [2.05, 4.69) is 41.4 Å². The SMILES string of the molecule is CC(=O)N1CCCC[C@@H]1C(=O)Nc1cc(Cl)c2c(c1)CCC1(CCN(c3ccccc3C)CC1)O2. The van der Waals surface area contributed by atoms with Gasteiger partial charge in [0.05, 0.1) is 5.02 Å². The van der Waals surface area contributed by atoms with Gasteiger partial charge in [-0.2, -0.15) is 0 Å². The number of fused-ring (bicyclic) bond motifs is 1. The van der Waals surface area contributed by atoms with Gasteiger partial charge in [-0.1, -0.05) is 29.8 Å². The molecular weight excluding hydrogens is 462 g/mol. The molecule has 35 heavy (non-hydrogen) atoms. The Balaban J connectivity index is 1.27. The van der Waals surface area contributed by atoms with E-state index in [9.17, 15) is 9.59 Å². The Morgan fingerprint density at radius 2 is 1.86 bits per heavy atom. The average molecular weight is 496 g/mol. The average Bonchev–Trinajstić information content (AvgIpc) is 2.86. The lowest BCUT2D eigenvalue weighted by atomic mass is 9.82. The van der Waals surface area contributed by atoms with E-state index in [4.69, 9.17) is 16.3 Å². The molecule has 0 unspecified atom stereocenters. The minimum atomic E-state index is -0.422. The zero-order valence-corrected chi connectivity index (χ0v) is 21.4. The van der Waals surface area contributed by atoms with Gasteiger partial charge in [-0.3, -0.25) is 9.59 Å². The number of rotatable bonds is 3. The van der Waals surface area contributed by atoms with E-state index in [0.717, 1.165) is 62.9 Å². The smallest absolute Gasteiger partial charge is 0.247 e. The number of carbonyl (C=O) groups excluding carboxylic acids is 2. The molecule has 7 heteroatoms. The molecule has 6 nitrogen and oxygen atoms in total. The molecule has 2 saturated heterocycles. The molecule has 0 radical (unpaired) electrons. The topological polar surface area (TPSA) is 61.9 Å².